The summed E-state index contributed by atoms with van der Waals surface area (Å²) in [6.07, 6.45) is 3.91. The first-order valence-corrected chi connectivity index (χ1v) is 4.34. The topological polar surface area (TPSA) is 21.3 Å². The molecule has 0 aliphatic heterocycles. The Hall–Kier alpha value is -1.44. The van der Waals surface area contributed by atoms with Crippen molar-refractivity contribution >= 4 is 0 Å². The fraction of sp³-hybridized carbons (Fsp3) is 0.273. The summed E-state index contributed by atoms with van der Waals surface area (Å²) in [5.74, 6) is 0.898. The predicted octanol–water partition coefficient (Wildman–Crippen LogP) is 2.32. The van der Waals surface area contributed by atoms with Crippen molar-refractivity contribution in [3.63, 3.8) is 0 Å². The molecule has 0 fully saturated rings. The standard InChI is InChI=1S/C11H15NO/c1-3-8-12-9-10-4-6-11(13-2)7-5-10/h3-8,12H,9H2,1-2H3/b8-3+. The van der Waals surface area contributed by atoms with E-state index < -0.39 is 0 Å². The molecule has 1 rings (SSSR count). The molecule has 2 heteroatoms. The smallest absolute Gasteiger partial charge is 0.118 e. The number of rotatable bonds is 4. The minimum atomic E-state index is 0.855. The fourth-order valence-electron chi connectivity index (χ4n) is 1.04. The molecule has 0 saturated carbocycles. The Morgan fingerprint density at radius 3 is 2.54 bits per heavy atom. The van der Waals surface area contributed by atoms with E-state index in [1.54, 1.807) is 7.11 Å². The largest absolute Gasteiger partial charge is 0.497 e. The lowest BCUT2D eigenvalue weighted by Crippen LogP contribution is -2.03. The van der Waals surface area contributed by atoms with Crippen molar-refractivity contribution in [2.45, 2.75) is 13.5 Å². The number of benzene rings is 1. The average molecular weight is 177 g/mol. The van der Waals surface area contributed by atoms with E-state index in [1.807, 2.05) is 31.3 Å². The van der Waals surface area contributed by atoms with Crippen LogP contribution in [-0.2, 0) is 6.54 Å². The van der Waals surface area contributed by atoms with Gasteiger partial charge in [0.2, 0.25) is 0 Å². The lowest BCUT2D eigenvalue weighted by molar-refractivity contribution is 0.414. The molecule has 70 valence electrons. The molecule has 0 spiro atoms. The Labute approximate surface area is 79.2 Å². The quantitative estimate of drug-likeness (QED) is 0.762. The fourth-order valence-corrected chi connectivity index (χ4v) is 1.04. The molecule has 0 saturated heterocycles. The van der Waals surface area contributed by atoms with Gasteiger partial charge in [0.15, 0.2) is 0 Å². The summed E-state index contributed by atoms with van der Waals surface area (Å²) in [5, 5.41) is 3.17. The minimum Gasteiger partial charge on any atom is -0.497 e. The summed E-state index contributed by atoms with van der Waals surface area (Å²) in [7, 11) is 1.67. The van der Waals surface area contributed by atoms with Crippen LogP contribution >= 0.6 is 0 Å². The first kappa shape index (κ1) is 9.65. The molecule has 0 aromatic heterocycles. The number of allylic oxidation sites excluding steroid dienone is 1. The Bertz CT molecular complexity index is 264. The van der Waals surface area contributed by atoms with E-state index in [0.717, 1.165) is 12.3 Å². The van der Waals surface area contributed by atoms with Gasteiger partial charge in [-0.25, -0.2) is 0 Å². The molecule has 1 N–H and O–H groups in total. The zero-order chi connectivity index (χ0) is 9.52. The zero-order valence-electron chi connectivity index (χ0n) is 8.08. The van der Waals surface area contributed by atoms with Crippen molar-refractivity contribution in [3.8, 4) is 5.75 Å². The molecular formula is C11H15NO. The summed E-state index contributed by atoms with van der Waals surface area (Å²) in [6, 6.07) is 8.03. The van der Waals surface area contributed by atoms with E-state index >= 15 is 0 Å². The molecule has 0 radical (unpaired) electrons. The predicted molar refractivity (Wildman–Crippen MR) is 54.6 cm³/mol. The molecule has 1 aromatic rings. The minimum absolute atomic E-state index is 0.855. The highest BCUT2D eigenvalue weighted by Crippen LogP contribution is 2.10. The van der Waals surface area contributed by atoms with Gasteiger partial charge in [-0.2, -0.15) is 0 Å². The normalized spacial score (nSPS) is 10.3. The summed E-state index contributed by atoms with van der Waals surface area (Å²) in [4.78, 5) is 0. The van der Waals surface area contributed by atoms with Crippen LogP contribution in [0.5, 0.6) is 5.75 Å². The first-order valence-electron chi connectivity index (χ1n) is 4.34. The molecule has 0 atom stereocenters. The van der Waals surface area contributed by atoms with Gasteiger partial charge in [-0.15, -0.1) is 0 Å². The molecule has 2 nitrogen and oxygen atoms in total. The van der Waals surface area contributed by atoms with E-state index in [9.17, 15) is 0 Å². The van der Waals surface area contributed by atoms with Gasteiger partial charge in [0.1, 0.15) is 5.75 Å². The van der Waals surface area contributed by atoms with Gasteiger partial charge in [0.05, 0.1) is 7.11 Å². The van der Waals surface area contributed by atoms with Crippen molar-refractivity contribution in [1.29, 1.82) is 0 Å². The first-order chi connectivity index (χ1) is 6.36. The van der Waals surface area contributed by atoms with Crippen LogP contribution in [0.1, 0.15) is 12.5 Å². The maximum absolute atomic E-state index is 5.06. The van der Waals surface area contributed by atoms with Gasteiger partial charge in [-0.05, 0) is 30.8 Å². The van der Waals surface area contributed by atoms with Crippen LogP contribution in [0.2, 0.25) is 0 Å². The number of hydrogen-bond acceptors (Lipinski definition) is 2. The number of methoxy groups -OCH3 is 1. The van der Waals surface area contributed by atoms with Crippen LogP contribution in [0.3, 0.4) is 0 Å². The average Bonchev–Trinajstić information content (AvgIpc) is 2.19. The highest BCUT2D eigenvalue weighted by molar-refractivity contribution is 5.27. The second-order valence-corrected chi connectivity index (χ2v) is 2.73. The third kappa shape index (κ3) is 3.20. The van der Waals surface area contributed by atoms with Gasteiger partial charge in [0.25, 0.3) is 0 Å². The summed E-state index contributed by atoms with van der Waals surface area (Å²) in [5.41, 5.74) is 1.25. The lowest BCUT2D eigenvalue weighted by Gasteiger charge is -2.02. The van der Waals surface area contributed by atoms with Gasteiger partial charge < -0.3 is 10.1 Å². The number of nitrogens with one attached hydrogen (secondary N) is 1. The molecular weight excluding hydrogens is 162 g/mol. The second-order valence-electron chi connectivity index (χ2n) is 2.73. The number of hydrogen-bond donors (Lipinski definition) is 1. The van der Waals surface area contributed by atoms with Crippen LogP contribution in [0.15, 0.2) is 36.5 Å². The van der Waals surface area contributed by atoms with E-state index in [2.05, 4.69) is 17.4 Å². The van der Waals surface area contributed by atoms with Crippen molar-refractivity contribution < 1.29 is 4.74 Å². The Balaban J connectivity index is 2.49. The van der Waals surface area contributed by atoms with E-state index in [0.29, 0.717) is 0 Å². The third-order valence-corrected chi connectivity index (χ3v) is 1.75. The molecule has 13 heavy (non-hydrogen) atoms. The van der Waals surface area contributed by atoms with Gasteiger partial charge >= 0.3 is 0 Å². The summed E-state index contributed by atoms with van der Waals surface area (Å²) >= 11 is 0. The Morgan fingerprint density at radius 2 is 2.00 bits per heavy atom. The van der Waals surface area contributed by atoms with Crippen molar-refractivity contribution in [2.24, 2.45) is 0 Å². The molecule has 0 amide bonds. The Kier molecular flexibility index (Phi) is 3.89. The maximum atomic E-state index is 5.06. The molecule has 0 unspecified atom stereocenters. The highest BCUT2D eigenvalue weighted by atomic mass is 16.5. The highest BCUT2D eigenvalue weighted by Gasteiger charge is 1.91. The van der Waals surface area contributed by atoms with E-state index in [4.69, 9.17) is 4.74 Å². The van der Waals surface area contributed by atoms with Gasteiger partial charge in [-0.3, -0.25) is 0 Å². The monoisotopic (exact) mass is 177 g/mol. The SMILES string of the molecule is C/C=C/NCc1ccc(OC)cc1. The van der Waals surface area contributed by atoms with Gasteiger partial charge in [-0.1, -0.05) is 18.2 Å². The van der Waals surface area contributed by atoms with Crippen molar-refractivity contribution in [3.05, 3.63) is 42.1 Å². The van der Waals surface area contributed by atoms with Crippen LogP contribution in [-0.4, -0.2) is 7.11 Å². The van der Waals surface area contributed by atoms with Crippen LogP contribution in [0.25, 0.3) is 0 Å². The molecule has 0 bridgehead atoms. The second kappa shape index (κ2) is 5.25. The molecule has 0 aliphatic carbocycles. The summed E-state index contributed by atoms with van der Waals surface area (Å²) in [6.45, 7) is 2.84. The number of ether oxygens (including phenoxy) is 1. The van der Waals surface area contributed by atoms with E-state index in [1.165, 1.54) is 5.56 Å². The molecule has 0 aliphatic rings. The Morgan fingerprint density at radius 1 is 1.31 bits per heavy atom. The maximum Gasteiger partial charge on any atom is 0.118 e. The molecule has 0 heterocycles. The van der Waals surface area contributed by atoms with Crippen LogP contribution in [0.4, 0.5) is 0 Å². The van der Waals surface area contributed by atoms with Crippen LogP contribution < -0.4 is 10.1 Å². The van der Waals surface area contributed by atoms with Crippen molar-refractivity contribution in [2.75, 3.05) is 7.11 Å². The third-order valence-electron chi connectivity index (χ3n) is 1.75. The van der Waals surface area contributed by atoms with E-state index in [-0.39, 0.29) is 0 Å². The summed E-state index contributed by atoms with van der Waals surface area (Å²) < 4.78 is 5.06. The van der Waals surface area contributed by atoms with Gasteiger partial charge in [0, 0.05) is 6.54 Å². The molecule has 1 aromatic carbocycles. The van der Waals surface area contributed by atoms with Crippen LogP contribution in [0, 0.1) is 0 Å². The van der Waals surface area contributed by atoms with Crippen molar-refractivity contribution in [1.82, 2.24) is 5.32 Å². The lowest BCUT2D eigenvalue weighted by atomic mass is 10.2. The zero-order valence-corrected chi connectivity index (χ0v) is 8.08.